The Hall–Kier alpha value is -0.610. The minimum absolute atomic E-state index is 0.182. The van der Waals surface area contributed by atoms with Gasteiger partial charge in [-0.2, -0.15) is 0 Å². The summed E-state index contributed by atoms with van der Waals surface area (Å²) in [6.07, 6.45) is 10.6. The number of nitrogens with one attached hydrogen (secondary N) is 1. The highest BCUT2D eigenvalue weighted by Gasteiger charge is 2.27. The van der Waals surface area contributed by atoms with Crippen LogP contribution in [0.4, 0.5) is 0 Å². The minimum Gasteiger partial charge on any atom is -0.355 e. The summed E-state index contributed by atoms with van der Waals surface area (Å²) in [4.78, 5) is 14.6. The second-order valence-electron chi connectivity index (χ2n) is 6.54. The van der Waals surface area contributed by atoms with E-state index >= 15 is 0 Å². The van der Waals surface area contributed by atoms with Crippen LogP contribution in [0, 0.1) is 11.8 Å². The Labute approximate surface area is 123 Å². The normalized spacial score (nSPS) is 26.1. The molecule has 1 amide bonds. The zero-order chi connectivity index (χ0) is 14.2. The predicted molar refractivity (Wildman–Crippen MR) is 82.4 cm³/mol. The number of likely N-dealkylation sites (tertiary alicyclic amines) is 1. The Kier molecular flexibility index (Phi) is 6.80. The third-order valence-corrected chi connectivity index (χ3v) is 4.81. The summed E-state index contributed by atoms with van der Waals surface area (Å²) in [6, 6.07) is 0. The first-order chi connectivity index (χ1) is 9.79. The summed E-state index contributed by atoms with van der Waals surface area (Å²) in [7, 11) is 0. The van der Waals surface area contributed by atoms with E-state index in [0.29, 0.717) is 13.1 Å². The molecule has 0 aromatic carbocycles. The molecule has 1 aliphatic heterocycles. The van der Waals surface area contributed by atoms with E-state index in [1.807, 2.05) is 0 Å². The van der Waals surface area contributed by atoms with Crippen molar-refractivity contribution in [3.8, 4) is 0 Å². The molecule has 0 aromatic rings. The first kappa shape index (κ1) is 15.8. The van der Waals surface area contributed by atoms with Crippen molar-refractivity contribution in [3.63, 3.8) is 0 Å². The van der Waals surface area contributed by atoms with Crippen molar-refractivity contribution in [2.45, 2.75) is 51.4 Å². The van der Waals surface area contributed by atoms with Gasteiger partial charge in [0.1, 0.15) is 0 Å². The number of hydrogen-bond acceptors (Lipinski definition) is 3. The molecule has 0 radical (unpaired) electrons. The molecule has 1 saturated carbocycles. The Balaban J connectivity index is 1.76. The molecule has 116 valence electrons. The highest BCUT2D eigenvalue weighted by atomic mass is 16.1. The lowest BCUT2D eigenvalue weighted by molar-refractivity contribution is -0.126. The molecule has 1 atom stereocenters. The fraction of sp³-hybridized carbons (Fsp3) is 0.938. The zero-order valence-electron chi connectivity index (χ0n) is 12.8. The maximum atomic E-state index is 12.1. The highest BCUT2D eigenvalue weighted by Crippen LogP contribution is 2.25. The van der Waals surface area contributed by atoms with Gasteiger partial charge in [0.25, 0.3) is 0 Å². The molecule has 0 aromatic heterocycles. The van der Waals surface area contributed by atoms with Gasteiger partial charge in [0.2, 0.25) is 5.91 Å². The van der Waals surface area contributed by atoms with Crippen LogP contribution in [0.15, 0.2) is 0 Å². The van der Waals surface area contributed by atoms with Crippen LogP contribution in [0.2, 0.25) is 0 Å². The SMILES string of the molecule is NCCNC(=O)C1CCCN(CC2CCCCCC2)C1. The quantitative estimate of drug-likeness (QED) is 0.755. The Morgan fingerprint density at radius 2 is 1.85 bits per heavy atom. The summed E-state index contributed by atoms with van der Waals surface area (Å²) in [5, 5.41) is 2.95. The molecule has 4 nitrogen and oxygen atoms in total. The first-order valence-electron chi connectivity index (χ1n) is 8.49. The molecule has 0 spiro atoms. The molecule has 1 heterocycles. The van der Waals surface area contributed by atoms with E-state index in [1.54, 1.807) is 0 Å². The maximum Gasteiger partial charge on any atom is 0.224 e. The van der Waals surface area contributed by atoms with Gasteiger partial charge in [-0.25, -0.2) is 0 Å². The van der Waals surface area contributed by atoms with Crippen LogP contribution in [0.1, 0.15) is 51.4 Å². The van der Waals surface area contributed by atoms with E-state index in [9.17, 15) is 4.79 Å². The van der Waals surface area contributed by atoms with Gasteiger partial charge < -0.3 is 16.0 Å². The maximum absolute atomic E-state index is 12.1. The molecular weight excluding hydrogens is 250 g/mol. The summed E-state index contributed by atoms with van der Waals surface area (Å²) < 4.78 is 0. The number of nitrogens with two attached hydrogens (primary N) is 1. The molecule has 2 rings (SSSR count). The Bertz CT molecular complexity index is 287. The van der Waals surface area contributed by atoms with Gasteiger partial charge in [-0.05, 0) is 38.1 Å². The number of hydrogen-bond donors (Lipinski definition) is 2. The van der Waals surface area contributed by atoms with E-state index < -0.39 is 0 Å². The number of rotatable bonds is 5. The van der Waals surface area contributed by atoms with Crippen LogP contribution in [0.3, 0.4) is 0 Å². The van der Waals surface area contributed by atoms with Gasteiger partial charge in [-0.3, -0.25) is 4.79 Å². The molecule has 0 bridgehead atoms. The van der Waals surface area contributed by atoms with E-state index in [4.69, 9.17) is 5.73 Å². The number of piperidine rings is 1. The first-order valence-corrected chi connectivity index (χ1v) is 8.49. The lowest BCUT2D eigenvalue weighted by Gasteiger charge is -2.34. The van der Waals surface area contributed by atoms with Crippen molar-refractivity contribution < 1.29 is 4.79 Å². The summed E-state index contributed by atoms with van der Waals surface area (Å²) >= 11 is 0. The average molecular weight is 281 g/mol. The van der Waals surface area contributed by atoms with Gasteiger partial charge in [0, 0.05) is 26.2 Å². The third kappa shape index (κ3) is 5.06. The number of nitrogens with zero attached hydrogens (tertiary/aromatic N) is 1. The van der Waals surface area contributed by atoms with Crippen molar-refractivity contribution in [2.24, 2.45) is 17.6 Å². The van der Waals surface area contributed by atoms with Gasteiger partial charge in [-0.1, -0.05) is 25.7 Å². The molecule has 1 aliphatic carbocycles. The molecule has 20 heavy (non-hydrogen) atoms. The van der Waals surface area contributed by atoms with Crippen molar-refractivity contribution in [1.29, 1.82) is 0 Å². The fourth-order valence-corrected chi connectivity index (χ4v) is 3.69. The molecule has 2 fully saturated rings. The molecular formula is C16H31N3O. The monoisotopic (exact) mass is 281 g/mol. The number of amides is 1. The van der Waals surface area contributed by atoms with Crippen LogP contribution in [-0.2, 0) is 4.79 Å². The topological polar surface area (TPSA) is 58.4 Å². The van der Waals surface area contributed by atoms with Gasteiger partial charge in [0.05, 0.1) is 5.92 Å². The average Bonchev–Trinajstić information content (AvgIpc) is 2.73. The van der Waals surface area contributed by atoms with E-state index in [1.165, 1.54) is 51.6 Å². The minimum atomic E-state index is 0.182. The Morgan fingerprint density at radius 1 is 1.10 bits per heavy atom. The molecule has 1 unspecified atom stereocenters. The van der Waals surface area contributed by atoms with Crippen molar-refractivity contribution >= 4 is 5.91 Å². The van der Waals surface area contributed by atoms with Crippen molar-refractivity contribution in [2.75, 3.05) is 32.7 Å². The molecule has 2 aliphatic rings. The second-order valence-corrected chi connectivity index (χ2v) is 6.54. The van der Waals surface area contributed by atoms with Crippen LogP contribution in [0.25, 0.3) is 0 Å². The molecule has 3 N–H and O–H groups in total. The molecule has 4 heteroatoms. The van der Waals surface area contributed by atoms with Gasteiger partial charge in [-0.15, -0.1) is 0 Å². The third-order valence-electron chi connectivity index (χ3n) is 4.81. The zero-order valence-corrected chi connectivity index (χ0v) is 12.8. The lowest BCUT2D eigenvalue weighted by Crippen LogP contribution is -2.45. The highest BCUT2D eigenvalue weighted by molar-refractivity contribution is 5.78. The smallest absolute Gasteiger partial charge is 0.224 e. The summed E-state index contributed by atoms with van der Waals surface area (Å²) in [5.41, 5.74) is 5.45. The van der Waals surface area contributed by atoms with Crippen LogP contribution in [0.5, 0.6) is 0 Å². The fourth-order valence-electron chi connectivity index (χ4n) is 3.69. The predicted octanol–water partition coefficient (Wildman–Crippen LogP) is 1.74. The number of carbonyl (C=O) groups is 1. The van der Waals surface area contributed by atoms with Crippen LogP contribution in [-0.4, -0.2) is 43.5 Å². The van der Waals surface area contributed by atoms with Crippen LogP contribution < -0.4 is 11.1 Å². The van der Waals surface area contributed by atoms with E-state index in [0.717, 1.165) is 25.3 Å². The second kappa shape index (κ2) is 8.63. The lowest BCUT2D eigenvalue weighted by atomic mass is 9.94. The van der Waals surface area contributed by atoms with Gasteiger partial charge in [0.15, 0.2) is 0 Å². The summed E-state index contributed by atoms with van der Waals surface area (Å²) in [6.45, 7) is 4.48. The van der Waals surface area contributed by atoms with E-state index in [-0.39, 0.29) is 11.8 Å². The molecule has 1 saturated heterocycles. The standard InChI is InChI=1S/C16H31N3O/c17-9-10-18-16(20)15-8-5-11-19(13-15)12-14-6-3-1-2-4-7-14/h14-15H,1-13,17H2,(H,18,20). The largest absolute Gasteiger partial charge is 0.355 e. The van der Waals surface area contributed by atoms with Gasteiger partial charge >= 0.3 is 0 Å². The summed E-state index contributed by atoms with van der Waals surface area (Å²) in [5.74, 6) is 1.26. The number of carbonyl (C=O) groups excluding carboxylic acids is 1. The van der Waals surface area contributed by atoms with Crippen molar-refractivity contribution in [3.05, 3.63) is 0 Å². The van der Waals surface area contributed by atoms with E-state index in [2.05, 4.69) is 10.2 Å². The van der Waals surface area contributed by atoms with Crippen LogP contribution >= 0.6 is 0 Å². The van der Waals surface area contributed by atoms with Crippen molar-refractivity contribution in [1.82, 2.24) is 10.2 Å². The Morgan fingerprint density at radius 3 is 2.55 bits per heavy atom.